The molecule has 132 valence electrons. The van der Waals surface area contributed by atoms with Gasteiger partial charge in [-0.05, 0) is 48.7 Å². The number of carbonyl (C=O) groups is 1. The molecule has 0 aliphatic carbocycles. The van der Waals surface area contributed by atoms with Crippen molar-refractivity contribution < 1.29 is 9.53 Å². The molecule has 3 nitrogen and oxygen atoms in total. The Kier molecular flexibility index (Phi) is 5.69. The lowest BCUT2D eigenvalue weighted by Gasteiger charge is -2.23. The number of anilines is 1. The van der Waals surface area contributed by atoms with Crippen LogP contribution in [0.1, 0.15) is 16.7 Å². The van der Waals surface area contributed by atoms with Crippen LogP contribution in [0.2, 0.25) is 0 Å². The number of amides is 1. The van der Waals surface area contributed by atoms with Crippen molar-refractivity contribution in [1.29, 1.82) is 0 Å². The molecule has 0 fully saturated rings. The van der Waals surface area contributed by atoms with Crippen LogP contribution in [-0.4, -0.2) is 12.5 Å². The van der Waals surface area contributed by atoms with Crippen LogP contribution in [0.4, 0.5) is 5.69 Å². The monoisotopic (exact) mass is 345 g/mol. The van der Waals surface area contributed by atoms with Crippen LogP contribution in [0.15, 0.2) is 78.9 Å². The smallest absolute Gasteiger partial charge is 0.265 e. The molecule has 26 heavy (non-hydrogen) atoms. The van der Waals surface area contributed by atoms with E-state index in [2.05, 4.69) is 0 Å². The second kappa shape index (κ2) is 8.34. The highest BCUT2D eigenvalue weighted by Crippen LogP contribution is 2.21. The Morgan fingerprint density at radius 3 is 2.23 bits per heavy atom. The van der Waals surface area contributed by atoms with Gasteiger partial charge in [0.1, 0.15) is 5.75 Å². The molecule has 1 amide bonds. The van der Waals surface area contributed by atoms with Crippen LogP contribution in [0.3, 0.4) is 0 Å². The maximum Gasteiger partial charge on any atom is 0.265 e. The second-order valence-corrected chi connectivity index (χ2v) is 6.36. The van der Waals surface area contributed by atoms with E-state index in [9.17, 15) is 4.79 Å². The van der Waals surface area contributed by atoms with Crippen LogP contribution in [-0.2, 0) is 11.3 Å². The maximum atomic E-state index is 12.9. The van der Waals surface area contributed by atoms with Crippen LogP contribution in [0, 0.1) is 13.8 Å². The number of hydrogen-bond acceptors (Lipinski definition) is 2. The van der Waals surface area contributed by atoms with Crippen molar-refractivity contribution in [2.75, 3.05) is 11.5 Å². The van der Waals surface area contributed by atoms with Gasteiger partial charge < -0.3 is 9.64 Å². The molecular weight excluding hydrogens is 322 g/mol. The van der Waals surface area contributed by atoms with E-state index in [-0.39, 0.29) is 12.5 Å². The van der Waals surface area contributed by atoms with Crippen molar-refractivity contribution >= 4 is 11.6 Å². The fourth-order valence-corrected chi connectivity index (χ4v) is 2.78. The molecule has 0 aromatic heterocycles. The molecule has 0 atom stereocenters. The fourth-order valence-electron chi connectivity index (χ4n) is 2.78. The van der Waals surface area contributed by atoms with Gasteiger partial charge in [-0.1, -0.05) is 60.7 Å². The summed E-state index contributed by atoms with van der Waals surface area (Å²) >= 11 is 0. The normalized spacial score (nSPS) is 10.4. The second-order valence-electron chi connectivity index (χ2n) is 6.36. The fraction of sp³-hybridized carbons (Fsp3) is 0.174. The zero-order valence-electron chi connectivity index (χ0n) is 15.2. The van der Waals surface area contributed by atoms with Gasteiger partial charge in [-0.3, -0.25) is 4.79 Å². The van der Waals surface area contributed by atoms with Crippen LogP contribution < -0.4 is 9.64 Å². The predicted molar refractivity (Wildman–Crippen MR) is 105 cm³/mol. The summed E-state index contributed by atoms with van der Waals surface area (Å²) in [6.07, 6.45) is 0. The number of hydrogen-bond donors (Lipinski definition) is 0. The Balaban J connectivity index is 1.77. The minimum Gasteiger partial charge on any atom is -0.483 e. The maximum absolute atomic E-state index is 12.9. The molecule has 0 heterocycles. The average Bonchev–Trinajstić information content (AvgIpc) is 2.68. The molecule has 0 radical (unpaired) electrons. The Bertz CT molecular complexity index is 860. The third-order valence-electron chi connectivity index (χ3n) is 4.25. The van der Waals surface area contributed by atoms with Gasteiger partial charge in [0.2, 0.25) is 0 Å². The summed E-state index contributed by atoms with van der Waals surface area (Å²) in [7, 11) is 0. The quantitative estimate of drug-likeness (QED) is 0.635. The standard InChI is InChI=1S/C23H23NO2/c1-18-13-14-19(2)22(15-18)26-17-23(25)24(21-11-7-4-8-12-21)16-20-9-5-3-6-10-20/h3-15H,16-17H2,1-2H3. The Hall–Kier alpha value is -3.07. The van der Waals surface area contributed by atoms with Gasteiger partial charge in [0.15, 0.2) is 6.61 Å². The molecule has 0 saturated carbocycles. The minimum absolute atomic E-state index is 0.00597. The molecule has 0 spiro atoms. The number of aryl methyl sites for hydroxylation is 2. The Morgan fingerprint density at radius 1 is 0.885 bits per heavy atom. The van der Waals surface area contributed by atoms with Crippen molar-refractivity contribution in [3.8, 4) is 5.75 Å². The van der Waals surface area contributed by atoms with Gasteiger partial charge in [-0.2, -0.15) is 0 Å². The Labute approximate surface area is 154 Å². The van der Waals surface area contributed by atoms with Crippen molar-refractivity contribution in [2.45, 2.75) is 20.4 Å². The molecule has 3 aromatic carbocycles. The van der Waals surface area contributed by atoms with Gasteiger partial charge in [0.05, 0.1) is 6.54 Å². The molecule has 3 aromatic rings. The zero-order valence-corrected chi connectivity index (χ0v) is 15.2. The predicted octanol–water partition coefficient (Wildman–Crippen LogP) is 4.92. The molecule has 0 aliphatic heterocycles. The van der Waals surface area contributed by atoms with Crippen molar-refractivity contribution in [3.63, 3.8) is 0 Å². The highest BCUT2D eigenvalue weighted by atomic mass is 16.5. The molecule has 3 heteroatoms. The molecule has 3 rings (SSSR count). The van der Waals surface area contributed by atoms with Crippen molar-refractivity contribution in [2.24, 2.45) is 0 Å². The molecule has 0 aliphatic rings. The first-order valence-corrected chi connectivity index (χ1v) is 8.73. The lowest BCUT2D eigenvalue weighted by Crippen LogP contribution is -2.34. The van der Waals surface area contributed by atoms with E-state index in [4.69, 9.17) is 4.74 Å². The van der Waals surface area contributed by atoms with E-state index < -0.39 is 0 Å². The molecule has 0 N–H and O–H groups in total. The highest BCUT2D eigenvalue weighted by Gasteiger charge is 2.17. The molecule has 0 bridgehead atoms. The van der Waals surface area contributed by atoms with Crippen molar-refractivity contribution in [1.82, 2.24) is 0 Å². The number of para-hydroxylation sites is 1. The minimum atomic E-state index is -0.0686. The van der Waals surface area contributed by atoms with E-state index in [1.165, 1.54) is 0 Å². The number of nitrogens with zero attached hydrogens (tertiary/aromatic N) is 1. The summed E-state index contributed by atoms with van der Waals surface area (Å²) in [6.45, 7) is 4.52. The van der Waals surface area contributed by atoms with Gasteiger partial charge >= 0.3 is 0 Å². The van der Waals surface area contributed by atoms with Gasteiger partial charge in [0.25, 0.3) is 5.91 Å². The largest absolute Gasteiger partial charge is 0.483 e. The summed E-state index contributed by atoms with van der Waals surface area (Å²) in [5, 5.41) is 0. The van der Waals surface area contributed by atoms with Gasteiger partial charge in [-0.15, -0.1) is 0 Å². The molecule has 0 saturated heterocycles. The molecular formula is C23H23NO2. The lowest BCUT2D eigenvalue weighted by atomic mass is 10.1. The number of ether oxygens (including phenoxy) is 1. The van der Waals surface area contributed by atoms with E-state index in [0.717, 1.165) is 28.1 Å². The van der Waals surface area contributed by atoms with E-state index in [1.54, 1.807) is 4.90 Å². The van der Waals surface area contributed by atoms with Crippen LogP contribution in [0.5, 0.6) is 5.75 Å². The first kappa shape index (κ1) is 17.7. The third-order valence-corrected chi connectivity index (χ3v) is 4.25. The van der Waals surface area contributed by atoms with Crippen LogP contribution >= 0.6 is 0 Å². The summed E-state index contributed by atoms with van der Waals surface area (Å²) in [5.41, 5.74) is 4.09. The first-order chi connectivity index (χ1) is 12.6. The van der Waals surface area contributed by atoms with Gasteiger partial charge in [-0.25, -0.2) is 0 Å². The Morgan fingerprint density at radius 2 is 1.54 bits per heavy atom. The van der Waals surface area contributed by atoms with Gasteiger partial charge in [0, 0.05) is 5.69 Å². The number of carbonyl (C=O) groups excluding carboxylic acids is 1. The number of rotatable bonds is 6. The van der Waals surface area contributed by atoms with E-state index in [1.807, 2.05) is 92.7 Å². The van der Waals surface area contributed by atoms with E-state index >= 15 is 0 Å². The van der Waals surface area contributed by atoms with Crippen molar-refractivity contribution in [3.05, 3.63) is 95.6 Å². The average molecular weight is 345 g/mol. The third kappa shape index (κ3) is 4.51. The highest BCUT2D eigenvalue weighted by molar-refractivity contribution is 5.94. The number of benzene rings is 3. The summed E-state index contributed by atoms with van der Waals surface area (Å²) in [6, 6.07) is 25.7. The summed E-state index contributed by atoms with van der Waals surface area (Å²) in [4.78, 5) is 14.7. The zero-order chi connectivity index (χ0) is 18.4. The van der Waals surface area contributed by atoms with Crippen LogP contribution in [0.25, 0.3) is 0 Å². The van der Waals surface area contributed by atoms with E-state index in [0.29, 0.717) is 6.54 Å². The lowest BCUT2D eigenvalue weighted by molar-refractivity contribution is -0.120. The summed E-state index contributed by atoms with van der Waals surface area (Å²) < 4.78 is 5.83. The SMILES string of the molecule is Cc1ccc(C)c(OCC(=O)N(Cc2ccccc2)c2ccccc2)c1. The first-order valence-electron chi connectivity index (χ1n) is 8.73. The molecule has 0 unspecified atom stereocenters. The topological polar surface area (TPSA) is 29.5 Å². The summed E-state index contributed by atoms with van der Waals surface area (Å²) in [5.74, 6) is 0.687.